The molecule has 5 nitrogen and oxygen atoms in total. The SMILES string of the molecule is Cc1ccccc1OC(C)C(=O)Nc1cccc(C(=O)NC(C)c2ccccc2)c1. The van der Waals surface area contributed by atoms with Gasteiger partial charge >= 0.3 is 0 Å². The highest BCUT2D eigenvalue weighted by molar-refractivity contribution is 5.98. The Morgan fingerprint density at radius 2 is 1.57 bits per heavy atom. The average molecular weight is 402 g/mol. The molecule has 0 aliphatic heterocycles. The fraction of sp³-hybridized carbons (Fsp3) is 0.200. The van der Waals surface area contributed by atoms with Crippen molar-refractivity contribution in [2.24, 2.45) is 0 Å². The molecule has 2 unspecified atom stereocenters. The predicted octanol–water partition coefficient (Wildman–Crippen LogP) is 4.89. The highest BCUT2D eigenvalue weighted by Crippen LogP contribution is 2.19. The van der Waals surface area contributed by atoms with E-state index in [0.29, 0.717) is 17.0 Å². The third-order valence-corrected chi connectivity index (χ3v) is 4.81. The number of carbonyl (C=O) groups is 2. The molecule has 0 aromatic heterocycles. The smallest absolute Gasteiger partial charge is 0.265 e. The molecule has 0 saturated carbocycles. The molecule has 0 fully saturated rings. The van der Waals surface area contributed by atoms with E-state index in [0.717, 1.165) is 11.1 Å². The molecule has 2 atom stereocenters. The monoisotopic (exact) mass is 402 g/mol. The zero-order valence-electron chi connectivity index (χ0n) is 17.4. The number of para-hydroxylation sites is 1. The van der Waals surface area contributed by atoms with E-state index in [2.05, 4.69) is 10.6 Å². The molecule has 30 heavy (non-hydrogen) atoms. The minimum absolute atomic E-state index is 0.125. The van der Waals surface area contributed by atoms with Crippen LogP contribution in [0.1, 0.15) is 41.4 Å². The second kappa shape index (κ2) is 9.74. The fourth-order valence-electron chi connectivity index (χ4n) is 3.02. The van der Waals surface area contributed by atoms with E-state index in [1.54, 1.807) is 31.2 Å². The van der Waals surface area contributed by atoms with Crippen LogP contribution in [0, 0.1) is 6.92 Å². The third-order valence-electron chi connectivity index (χ3n) is 4.81. The molecular formula is C25H26N2O3. The van der Waals surface area contributed by atoms with E-state index in [-0.39, 0.29) is 17.9 Å². The molecule has 3 rings (SSSR count). The number of hydrogen-bond acceptors (Lipinski definition) is 3. The minimum Gasteiger partial charge on any atom is -0.481 e. The number of rotatable bonds is 7. The molecule has 2 amide bonds. The zero-order chi connectivity index (χ0) is 21.5. The van der Waals surface area contributed by atoms with Gasteiger partial charge in [-0.05, 0) is 56.2 Å². The summed E-state index contributed by atoms with van der Waals surface area (Å²) in [6.45, 7) is 5.56. The number of nitrogens with one attached hydrogen (secondary N) is 2. The summed E-state index contributed by atoms with van der Waals surface area (Å²) >= 11 is 0. The highest BCUT2D eigenvalue weighted by atomic mass is 16.5. The number of aryl methyl sites for hydroxylation is 1. The summed E-state index contributed by atoms with van der Waals surface area (Å²) in [6, 6.07) is 24.0. The lowest BCUT2D eigenvalue weighted by Gasteiger charge is -2.17. The first kappa shape index (κ1) is 21.1. The molecule has 0 aliphatic carbocycles. The van der Waals surface area contributed by atoms with E-state index >= 15 is 0 Å². The summed E-state index contributed by atoms with van der Waals surface area (Å²) in [7, 11) is 0. The molecule has 0 bridgehead atoms. The van der Waals surface area contributed by atoms with Crippen LogP contribution in [0.25, 0.3) is 0 Å². The van der Waals surface area contributed by atoms with Crippen LogP contribution in [0.4, 0.5) is 5.69 Å². The Labute approximate surface area is 177 Å². The van der Waals surface area contributed by atoms with Crippen molar-refractivity contribution in [3.05, 3.63) is 95.6 Å². The molecule has 3 aromatic rings. The lowest BCUT2D eigenvalue weighted by atomic mass is 10.1. The number of hydrogen-bond donors (Lipinski definition) is 2. The Hall–Kier alpha value is -3.60. The van der Waals surface area contributed by atoms with Gasteiger partial charge < -0.3 is 15.4 Å². The van der Waals surface area contributed by atoms with Gasteiger partial charge in [0.25, 0.3) is 11.8 Å². The second-order valence-corrected chi connectivity index (χ2v) is 7.20. The molecule has 0 heterocycles. The first-order chi connectivity index (χ1) is 14.4. The quantitative estimate of drug-likeness (QED) is 0.591. The van der Waals surface area contributed by atoms with Crippen LogP contribution in [0.5, 0.6) is 5.75 Å². The Balaban J connectivity index is 1.62. The van der Waals surface area contributed by atoms with Crippen LogP contribution >= 0.6 is 0 Å². The largest absolute Gasteiger partial charge is 0.481 e. The summed E-state index contributed by atoms with van der Waals surface area (Å²) < 4.78 is 5.77. The molecule has 0 saturated heterocycles. The van der Waals surface area contributed by atoms with Gasteiger partial charge in [0.05, 0.1) is 6.04 Å². The average Bonchev–Trinajstić information content (AvgIpc) is 2.76. The topological polar surface area (TPSA) is 67.4 Å². The molecule has 0 spiro atoms. The van der Waals surface area contributed by atoms with Gasteiger partial charge in [-0.15, -0.1) is 0 Å². The van der Waals surface area contributed by atoms with Gasteiger partial charge in [-0.25, -0.2) is 0 Å². The molecule has 2 N–H and O–H groups in total. The third kappa shape index (κ3) is 5.47. The first-order valence-electron chi connectivity index (χ1n) is 9.93. The van der Waals surface area contributed by atoms with Gasteiger partial charge in [0.2, 0.25) is 0 Å². The predicted molar refractivity (Wildman–Crippen MR) is 119 cm³/mol. The normalized spacial score (nSPS) is 12.5. The van der Waals surface area contributed by atoms with Crippen LogP contribution in [0.15, 0.2) is 78.9 Å². The fourth-order valence-corrected chi connectivity index (χ4v) is 3.02. The van der Waals surface area contributed by atoms with E-state index in [4.69, 9.17) is 4.74 Å². The van der Waals surface area contributed by atoms with Crippen molar-refractivity contribution in [2.75, 3.05) is 5.32 Å². The van der Waals surface area contributed by atoms with Gasteiger partial charge in [-0.3, -0.25) is 9.59 Å². The molecule has 0 radical (unpaired) electrons. The number of anilines is 1. The maximum Gasteiger partial charge on any atom is 0.265 e. The van der Waals surface area contributed by atoms with Crippen LogP contribution in [0.2, 0.25) is 0 Å². The van der Waals surface area contributed by atoms with Gasteiger partial charge in [0.15, 0.2) is 6.10 Å². The van der Waals surface area contributed by atoms with Crippen molar-refractivity contribution in [2.45, 2.75) is 32.9 Å². The molecule has 154 valence electrons. The molecular weight excluding hydrogens is 376 g/mol. The number of ether oxygens (including phenoxy) is 1. The van der Waals surface area contributed by atoms with Crippen molar-refractivity contribution < 1.29 is 14.3 Å². The summed E-state index contributed by atoms with van der Waals surface area (Å²) in [4.78, 5) is 25.2. The number of benzene rings is 3. The molecule has 0 aliphatic rings. The van der Waals surface area contributed by atoms with E-state index in [1.807, 2.05) is 68.4 Å². The zero-order valence-corrected chi connectivity index (χ0v) is 17.4. The van der Waals surface area contributed by atoms with Crippen LogP contribution < -0.4 is 15.4 Å². The van der Waals surface area contributed by atoms with Crippen molar-refractivity contribution in [3.63, 3.8) is 0 Å². The maximum atomic E-state index is 12.6. The van der Waals surface area contributed by atoms with Crippen molar-refractivity contribution in [1.29, 1.82) is 0 Å². The summed E-state index contributed by atoms with van der Waals surface area (Å²) in [6.07, 6.45) is -0.679. The number of amides is 2. The Morgan fingerprint density at radius 1 is 0.867 bits per heavy atom. The summed E-state index contributed by atoms with van der Waals surface area (Å²) in [5.74, 6) is 0.184. The van der Waals surface area contributed by atoms with Gasteiger partial charge in [-0.1, -0.05) is 54.6 Å². The van der Waals surface area contributed by atoms with Crippen molar-refractivity contribution in [1.82, 2.24) is 5.32 Å². The van der Waals surface area contributed by atoms with E-state index in [1.165, 1.54) is 0 Å². The standard InChI is InChI=1S/C25H26N2O3/c1-17-10-7-8-15-23(17)30-19(3)24(28)27-22-14-9-13-21(16-22)25(29)26-18(2)20-11-5-4-6-12-20/h4-16,18-19H,1-3H3,(H,26,29)(H,27,28). The van der Waals surface area contributed by atoms with Crippen molar-refractivity contribution >= 4 is 17.5 Å². The van der Waals surface area contributed by atoms with Crippen LogP contribution in [0.3, 0.4) is 0 Å². The lowest BCUT2D eigenvalue weighted by Crippen LogP contribution is -2.30. The highest BCUT2D eigenvalue weighted by Gasteiger charge is 2.17. The number of carbonyl (C=O) groups excluding carboxylic acids is 2. The molecule has 3 aromatic carbocycles. The Morgan fingerprint density at radius 3 is 2.30 bits per heavy atom. The van der Waals surface area contributed by atoms with Crippen LogP contribution in [-0.2, 0) is 4.79 Å². The second-order valence-electron chi connectivity index (χ2n) is 7.20. The van der Waals surface area contributed by atoms with Gasteiger partial charge in [0, 0.05) is 11.3 Å². The van der Waals surface area contributed by atoms with Gasteiger partial charge in [0.1, 0.15) is 5.75 Å². The van der Waals surface area contributed by atoms with Crippen molar-refractivity contribution in [3.8, 4) is 5.75 Å². The lowest BCUT2D eigenvalue weighted by molar-refractivity contribution is -0.122. The molecule has 5 heteroatoms. The van der Waals surface area contributed by atoms with E-state index < -0.39 is 6.10 Å². The van der Waals surface area contributed by atoms with E-state index in [9.17, 15) is 9.59 Å². The Bertz CT molecular complexity index is 1020. The summed E-state index contributed by atoms with van der Waals surface area (Å²) in [5.41, 5.74) is 3.00. The van der Waals surface area contributed by atoms with Crippen LogP contribution in [-0.4, -0.2) is 17.9 Å². The summed E-state index contributed by atoms with van der Waals surface area (Å²) in [5, 5.41) is 5.80. The minimum atomic E-state index is -0.679. The maximum absolute atomic E-state index is 12.6. The van der Waals surface area contributed by atoms with Gasteiger partial charge in [-0.2, -0.15) is 0 Å². The first-order valence-corrected chi connectivity index (χ1v) is 9.93. The Kier molecular flexibility index (Phi) is 6.86.